The third-order valence-corrected chi connectivity index (χ3v) is 5.89. The van der Waals surface area contributed by atoms with Gasteiger partial charge in [0.25, 0.3) is 0 Å². The van der Waals surface area contributed by atoms with E-state index in [0.717, 1.165) is 16.7 Å². The Balaban J connectivity index is 1.75. The minimum Gasteiger partial charge on any atom is -0.455 e. The lowest BCUT2D eigenvalue weighted by molar-refractivity contribution is -0.174. The van der Waals surface area contributed by atoms with Crippen LogP contribution in [0.3, 0.4) is 0 Å². The molecule has 182 valence electrons. The summed E-state index contributed by atoms with van der Waals surface area (Å²) in [6.07, 6.45) is -4.54. The summed E-state index contributed by atoms with van der Waals surface area (Å²) in [5.74, 6) is -1.21. The Morgan fingerprint density at radius 1 is 0.743 bits per heavy atom. The maximum Gasteiger partial charge on any atom is 0.303 e. The molecule has 0 aromatic heterocycles. The van der Waals surface area contributed by atoms with Crippen LogP contribution in [0, 0.1) is 0 Å². The normalized spacial score (nSPS) is 21.9. The molecule has 1 fully saturated rings. The molecule has 1 N–H and O–H groups in total. The topological polar surface area (TPSA) is 91.3 Å². The Labute approximate surface area is 204 Å². The van der Waals surface area contributed by atoms with Crippen LogP contribution >= 0.6 is 0 Å². The maximum atomic E-state index is 11.8. The van der Waals surface area contributed by atoms with Crippen molar-refractivity contribution in [2.45, 2.75) is 44.1 Å². The molecule has 4 rings (SSSR count). The molecule has 4 atom stereocenters. The van der Waals surface area contributed by atoms with Gasteiger partial charge in [0.15, 0.2) is 18.5 Å². The molecule has 0 unspecified atom stereocenters. The monoisotopic (exact) mass is 476 g/mol. The standard InChI is InChI=1S/C28H28O7/c1-19(29)33-25-24(35-27(31)26(25)34-20(2)30)18-32-28(21-12-6-3-7-13-21,22-14-8-4-9-15-22)23-16-10-5-11-17-23/h3-17,24-27,31H,18H2,1-2H3/t24-,25-,26-,27+/m1/s1. The molecule has 0 aliphatic carbocycles. The zero-order valence-corrected chi connectivity index (χ0v) is 19.6. The quantitative estimate of drug-likeness (QED) is 0.393. The first-order chi connectivity index (χ1) is 16.9. The average Bonchev–Trinajstić information content (AvgIpc) is 3.14. The van der Waals surface area contributed by atoms with Crippen molar-refractivity contribution < 1.29 is 33.6 Å². The number of carbonyl (C=O) groups is 2. The number of aliphatic hydroxyl groups is 1. The van der Waals surface area contributed by atoms with Crippen LogP contribution in [0.2, 0.25) is 0 Å². The van der Waals surface area contributed by atoms with Crippen LogP contribution in [0.4, 0.5) is 0 Å². The Morgan fingerprint density at radius 2 is 1.14 bits per heavy atom. The van der Waals surface area contributed by atoms with Gasteiger partial charge in [-0.1, -0.05) is 91.0 Å². The van der Waals surface area contributed by atoms with Gasteiger partial charge >= 0.3 is 11.9 Å². The first kappa shape index (κ1) is 24.6. The molecule has 0 saturated carbocycles. The van der Waals surface area contributed by atoms with Crippen molar-refractivity contribution in [3.05, 3.63) is 108 Å². The number of aliphatic hydroxyl groups excluding tert-OH is 1. The van der Waals surface area contributed by atoms with Crippen molar-refractivity contribution in [3.8, 4) is 0 Å². The highest BCUT2D eigenvalue weighted by atomic mass is 16.7. The summed E-state index contributed by atoms with van der Waals surface area (Å²) in [4.78, 5) is 23.4. The molecular formula is C28H28O7. The van der Waals surface area contributed by atoms with Gasteiger partial charge in [0, 0.05) is 13.8 Å². The van der Waals surface area contributed by atoms with Crippen LogP contribution in [0.5, 0.6) is 0 Å². The second kappa shape index (κ2) is 10.8. The molecule has 1 aliphatic rings. The zero-order valence-electron chi connectivity index (χ0n) is 19.6. The highest BCUT2D eigenvalue weighted by Gasteiger charge is 2.50. The van der Waals surface area contributed by atoms with Gasteiger partial charge in [0.1, 0.15) is 11.7 Å². The maximum absolute atomic E-state index is 11.8. The van der Waals surface area contributed by atoms with Crippen molar-refractivity contribution in [3.63, 3.8) is 0 Å². The average molecular weight is 477 g/mol. The Hall–Kier alpha value is -3.52. The van der Waals surface area contributed by atoms with Gasteiger partial charge in [-0.25, -0.2) is 0 Å². The van der Waals surface area contributed by atoms with Crippen LogP contribution in [0.25, 0.3) is 0 Å². The summed E-state index contributed by atoms with van der Waals surface area (Å²) in [7, 11) is 0. The molecule has 0 bridgehead atoms. The summed E-state index contributed by atoms with van der Waals surface area (Å²) in [5, 5.41) is 10.4. The molecule has 3 aromatic rings. The van der Waals surface area contributed by atoms with Crippen molar-refractivity contribution in [2.24, 2.45) is 0 Å². The summed E-state index contributed by atoms with van der Waals surface area (Å²) in [5.41, 5.74) is 1.63. The van der Waals surface area contributed by atoms with Gasteiger partial charge in [0.05, 0.1) is 6.61 Å². The van der Waals surface area contributed by atoms with Crippen LogP contribution in [0.15, 0.2) is 91.0 Å². The molecule has 1 aliphatic heterocycles. The fourth-order valence-electron chi connectivity index (χ4n) is 4.47. The third-order valence-electron chi connectivity index (χ3n) is 5.89. The van der Waals surface area contributed by atoms with Gasteiger partial charge < -0.3 is 24.1 Å². The van der Waals surface area contributed by atoms with Gasteiger partial charge in [-0.2, -0.15) is 0 Å². The van der Waals surface area contributed by atoms with Gasteiger partial charge in [-0.05, 0) is 16.7 Å². The SMILES string of the molecule is CC(=O)O[C@@H]1[C@H](OC(C)=O)[C@@H](COC(c2ccccc2)(c2ccccc2)c2ccccc2)O[C@@H]1O. The summed E-state index contributed by atoms with van der Waals surface area (Å²) in [6, 6.07) is 29.3. The Morgan fingerprint density at radius 3 is 1.54 bits per heavy atom. The number of carbonyl (C=O) groups excluding carboxylic acids is 2. The lowest BCUT2D eigenvalue weighted by atomic mass is 9.80. The number of hydrogen-bond acceptors (Lipinski definition) is 7. The number of ether oxygens (including phenoxy) is 4. The number of rotatable bonds is 8. The first-order valence-electron chi connectivity index (χ1n) is 11.4. The van der Waals surface area contributed by atoms with E-state index in [0.29, 0.717) is 0 Å². The van der Waals surface area contributed by atoms with E-state index < -0.39 is 42.1 Å². The number of benzene rings is 3. The van der Waals surface area contributed by atoms with Crippen LogP contribution in [0.1, 0.15) is 30.5 Å². The van der Waals surface area contributed by atoms with E-state index in [1.165, 1.54) is 13.8 Å². The molecule has 3 aromatic carbocycles. The lowest BCUT2D eigenvalue weighted by Gasteiger charge is -2.37. The Bertz CT molecular complexity index is 1020. The molecule has 7 nitrogen and oxygen atoms in total. The largest absolute Gasteiger partial charge is 0.455 e. The third kappa shape index (κ3) is 5.27. The molecule has 0 amide bonds. The smallest absolute Gasteiger partial charge is 0.303 e. The van der Waals surface area contributed by atoms with Gasteiger partial charge in [0.2, 0.25) is 0 Å². The molecule has 0 radical (unpaired) electrons. The summed E-state index contributed by atoms with van der Waals surface area (Å²) < 4.78 is 23.0. The molecular weight excluding hydrogens is 448 g/mol. The minimum absolute atomic E-state index is 0.0640. The first-order valence-corrected chi connectivity index (χ1v) is 11.4. The van der Waals surface area contributed by atoms with E-state index in [4.69, 9.17) is 18.9 Å². The lowest BCUT2D eigenvalue weighted by Crippen LogP contribution is -2.43. The van der Waals surface area contributed by atoms with Crippen LogP contribution < -0.4 is 0 Å². The summed E-state index contributed by atoms with van der Waals surface area (Å²) >= 11 is 0. The number of hydrogen-bond donors (Lipinski definition) is 1. The van der Waals surface area contributed by atoms with E-state index in [2.05, 4.69) is 0 Å². The van der Waals surface area contributed by atoms with Crippen LogP contribution in [-0.2, 0) is 34.1 Å². The summed E-state index contributed by atoms with van der Waals surface area (Å²) in [6.45, 7) is 2.40. The van der Waals surface area contributed by atoms with Gasteiger partial charge in [-0.3, -0.25) is 9.59 Å². The van der Waals surface area contributed by atoms with E-state index in [1.807, 2.05) is 91.0 Å². The fraction of sp³-hybridized carbons (Fsp3) is 0.286. The second-order valence-corrected chi connectivity index (χ2v) is 8.30. The molecule has 1 saturated heterocycles. The van der Waals surface area contributed by atoms with Crippen LogP contribution in [-0.4, -0.2) is 48.3 Å². The van der Waals surface area contributed by atoms with Gasteiger partial charge in [-0.15, -0.1) is 0 Å². The van der Waals surface area contributed by atoms with Crippen molar-refractivity contribution in [1.29, 1.82) is 0 Å². The van der Waals surface area contributed by atoms with Crippen molar-refractivity contribution >= 4 is 11.9 Å². The predicted octanol–water partition coefficient (Wildman–Crippen LogP) is 3.58. The minimum atomic E-state index is -1.46. The zero-order chi connectivity index (χ0) is 24.8. The fourth-order valence-corrected chi connectivity index (χ4v) is 4.47. The highest BCUT2D eigenvalue weighted by molar-refractivity contribution is 5.67. The second-order valence-electron chi connectivity index (χ2n) is 8.30. The molecule has 35 heavy (non-hydrogen) atoms. The molecule has 1 heterocycles. The highest BCUT2D eigenvalue weighted by Crippen LogP contribution is 2.41. The van der Waals surface area contributed by atoms with Crippen molar-refractivity contribution in [2.75, 3.05) is 6.61 Å². The van der Waals surface area contributed by atoms with E-state index >= 15 is 0 Å². The Kier molecular flexibility index (Phi) is 7.60. The molecule has 7 heteroatoms. The van der Waals surface area contributed by atoms with E-state index in [9.17, 15) is 14.7 Å². The number of esters is 2. The predicted molar refractivity (Wildman–Crippen MR) is 127 cm³/mol. The van der Waals surface area contributed by atoms with E-state index in [1.54, 1.807) is 0 Å². The molecule has 0 spiro atoms. The van der Waals surface area contributed by atoms with Crippen molar-refractivity contribution in [1.82, 2.24) is 0 Å². The van der Waals surface area contributed by atoms with E-state index in [-0.39, 0.29) is 6.61 Å².